The second-order valence-corrected chi connectivity index (χ2v) is 5.19. The third-order valence-corrected chi connectivity index (χ3v) is 3.19. The summed E-state index contributed by atoms with van der Waals surface area (Å²) in [5.41, 5.74) is 2.23. The van der Waals surface area contributed by atoms with Gasteiger partial charge in [0.2, 0.25) is 5.56 Å². The second-order valence-electron chi connectivity index (χ2n) is 5.19. The topological polar surface area (TPSA) is 54.9 Å². The van der Waals surface area contributed by atoms with Crippen molar-refractivity contribution in [3.05, 3.63) is 98.3 Å². The van der Waals surface area contributed by atoms with Crippen LogP contribution in [-0.2, 0) is 32.7 Å². The first-order valence-corrected chi connectivity index (χ1v) is 7.22. The fourth-order valence-electron chi connectivity index (χ4n) is 2.16. The molecule has 0 amide bonds. The van der Waals surface area contributed by atoms with E-state index in [2.05, 4.69) is 17.1 Å². The Hall–Kier alpha value is -1.78. The molecule has 3 rings (SSSR count). The molecule has 1 heterocycles. The summed E-state index contributed by atoms with van der Waals surface area (Å²) in [7, 11) is 0. The van der Waals surface area contributed by atoms with Gasteiger partial charge in [-0.3, -0.25) is 9.36 Å². The van der Waals surface area contributed by atoms with Crippen LogP contribution in [0.4, 0.5) is 0 Å². The summed E-state index contributed by atoms with van der Waals surface area (Å²) in [5.74, 6) is 0. The number of H-pyrrole nitrogens is 1. The van der Waals surface area contributed by atoms with Gasteiger partial charge < -0.3 is 4.98 Å². The molecule has 24 heavy (non-hydrogen) atoms. The van der Waals surface area contributed by atoms with Gasteiger partial charge in [0.15, 0.2) is 0 Å². The average molecular weight is 395 g/mol. The molecule has 0 aliphatic carbocycles. The van der Waals surface area contributed by atoms with E-state index in [-0.39, 0.29) is 38.3 Å². The minimum Gasteiger partial charge on any atom is -0.312 e. The molecule has 0 bridgehead atoms. The molecule has 3 aromatic rings. The second kappa shape index (κ2) is 9.50. The zero-order valence-corrected chi connectivity index (χ0v) is 16.8. The molecule has 0 radical (unpaired) electrons. The number of nitrogens with one attached hydrogen (secondary N) is 1. The molecule has 1 N–H and O–H groups in total. The van der Waals surface area contributed by atoms with Crippen LogP contribution in [-0.4, -0.2) is 9.55 Å². The van der Waals surface area contributed by atoms with Crippen LogP contribution >= 0.6 is 0 Å². The molecule has 0 saturated carbocycles. The van der Waals surface area contributed by atoms with Crippen molar-refractivity contribution in [3.8, 4) is 5.69 Å². The number of aryl methyl sites for hydroxylation is 3. The van der Waals surface area contributed by atoms with E-state index in [1.54, 1.807) is 13.0 Å². The van der Waals surface area contributed by atoms with Crippen LogP contribution < -0.4 is 11.2 Å². The SMILES string of the molecule is Cc1[c-]cc(-n2c(=O)cc(C)[nH]c2=O)c(C)c1.[Y+3].[c-]1ccccc1. The minimum absolute atomic E-state index is 0. The number of benzene rings is 2. The Kier molecular flexibility index (Phi) is 8.03. The summed E-state index contributed by atoms with van der Waals surface area (Å²) in [6, 6.07) is 20.5. The molecule has 0 saturated heterocycles. The first kappa shape index (κ1) is 20.3. The van der Waals surface area contributed by atoms with Gasteiger partial charge in [-0.1, -0.05) is 19.5 Å². The number of nitrogens with zero attached hydrogens (tertiary/aromatic N) is 1. The standard InChI is InChI=1S/C13H13N2O2.C6H5.Y/c1-8-4-5-11(9(2)6-8)15-12(16)7-10(3)14-13(15)17;1-2-4-6-5-3-1;/h5-7H,1-3H3,(H,14,17);1-5H;/q2*-1;+3. The van der Waals surface area contributed by atoms with Gasteiger partial charge in [0.1, 0.15) is 0 Å². The Balaban J connectivity index is 0.000000349. The van der Waals surface area contributed by atoms with E-state index in [0.717, 1.165) is 15.7 Å². The predicted molar refractivity (Wildman–Crippen MR) is 91.0 cm³/mol. The number of aromatic amines is 1. The summed E-state index contributed by atoms with van der Waals surface area (Å²) < 4.78 is 1.12. The van der Waals surface area contributed by atoms with E-state index in [4.69, 9.17) is 0 Å². The maximum atomic E-state index is 11.8. The van der Waals surface area contributed by atoms with Crippen molar-refractivity contribution >= 4 is 0 Å². The molecule has 5 heteroatoms. The summed E-state index contributed by atoms with van der Waals surface area (Å²) in [4.78, 5) is 26.2. The monoisotopic (exact) mass is 395 g/mol. The number of hydrogen-bond acceptors (Lipinski definition) is 2. The van der Waals surface area contributed by atoms with Crippen molar-refractivity contribution in [2.75, 3.05) is 0 Å². The van der Waals surface area contributed by atoms with Crippen LogP contribution in [0, 0.1) is 32.9 Å². The van der Waals surface area contributed by atoms with Crippen molar-refractivity contribution in [2.45, 2.75) is 20.8 Å². The Morgan fingerprint density at radius 2 is 1.67 bits per heavy atom. The molecule has 118 valence electrons. The predicted octanol–water partition coefficient (Wildman–Crippen LogP) is 2.74. The molecule has 0 aliphatic rings. The maximum absolute atomic E-state index is 11.8. The smallest absolute Gasteiger partial charge is 0.312 e. The third-order valence-electron chi connectivity index (χ3n) is 3.19. The fourth-order valence-corrected chi connectivity index (χ4v) is 2.16. The van der Waals surface area contributed by atoms with E-state index >= 15 is 0 Å². The minimum atomic E-state index is -0.421. The van der Waals surface area contributed by atoms with E-state index in [9.17, 15) is 9.59 Å². The molecule has 2 aromatic carbocycles. The van der Waals surface area contributed by atoms with Gasteiger partial charge in [-0.2, -0.15) is 60.2 Å². The van der Waals surface area contributed by atoms with E-state index in [1.165, 1.54) is 6.07 Å². The Bertz CT molecular complexity index is 841. The average Bonchev–Trinajstić information content (AvgIpc) is 2.51. The Morgan fingerprint density at radius 3 is 2.12 bits per heavy atom. The van der Waals surface area contributed by atoms with Crippen LogP contribution in [0.5, 0.6) is 0 Å². The fraction of sp³-hybridized carbons (Fsp3) is 0.158. The quantitative estimate of drug-likeness (QED) is 0.645. The van der Waals surface area contributed by atoms with Gasteiger partial charge in [0.25, 0.3) is 0 Å². The summed E-state index contributed by atoms with van der Waals surface area (Å²) in [6.45, 7) is 5.46. The van der Waals surface area contributed by atoms with Crippen molar-refractivity contribution in [2.24, 2.45) is 0 Å². The van der Waals surface area contributed by atoms with Gasteiger partial charge in [-0.25, -0.2) is 4.79 Å². The molecule has 0 fully saturated rings. The zero-order chi connectivity index (χ0) is 16.8. The Labute approximate surface area is 166 Å². The van der Waals surface area contributed by atoms with E-state index in [1.807, 2.05) is 50.2 Å². The molecular weight excluding hydrogens is 377 g/mol. The zero-order valence-electron chi connectivity index (χ0n) is 14.0. The molecule has 0 atom stereocenters. The molecular formula is C19H18N2O2Y+. The molecule has 1 aromatic heterocycles. The Morgan fingerprint density at radius 1 is 1.00 bits per heavy atom. The van der Waals surface area contributed by atoms with E-state index < -0.39 is 5.69 Å². The molecule has 4 nitrogen and oxygen atoms in total. The first-order valence-electron chi connectivity index (χ1n) is 7.22. The number of rotatable bonds is 1. The van der Waals surface area contributed by atoms with Crippen molar-refractivity contribution in [1.29, 1.82) is 0 Å². The molecule has 0 spiro atoms. The van der Waals surface area contributed by atoms with Crippen LogP contribution in [0.25, 0.3) is 5.69 Å². The van der Waals surface area contributed by atoms with Gasteiger partial charge in [-0.05, 0) is 6.92 Å². The van der Waals surface area contributed by atoms with Crippen LogP contribution in [0.2, 0.25) is 0 Å². The van der Waals surface area contributed by atoms with Crippen molar-refractivity contribution in [3.63, 3.8) is 0 Å². The maximum Gasteiger partial charge on any atom is 3.00 e. The third kappa shape index (κ3) is 5.39. The van der Waals surface area contributed by atoms with Crippen molar-refractivity contribution in [1.82, 2.24) is 9.55 Å². The van der Waals surface area contributed by atoms with Gasteiger partial charge in [0.05, 0.1) is 0 Å². The van der Waals surface area contributed by atoms with Crippen molar-refractivity contribution < 1.29 is 32.7 Å². The largest absolute Gasteiger partial charge is 3.00 e. The van der Waals surface area contributed by atoms with Crippen LogP contribution in [0.1, 0.15) is 16.8 Å². The van der Waals surface area contributed by atoms with E-state index in [0.29, 0.717) is 11.4 Å². The van der Waals surface area contributed by atoms with Gasteiger partial charge >= 0.3 is 38.4 Å². The summed E-state index contributed by atoms with van der Waals surface area (Å²) in [5, 5.41) is 0. The van der Waals surface area contributed by atoms with Crippen LogP contribution in [0.15, 0.2) is 58.1 Å². The molecule has 0 unspecified atom stereocenters. The first-order chi connectivity index (χ1) is 11.0. The van der Waals surface area contributed by atoms with Gasteiger partial charge in [-0.15, -0.1) is 5.56 Å². The summed E-state index contributed by atoms with van der Waals surface area (Å²) in [6.07, 6.45) is 0. The summed E-state index contributed by atoms with van der Waals surface area (Å²) >= 11 is 0. The normalized spacial score (nSPS) is 9.46. The number of aromatic nitrogens is 2. The van der Waals surface area contributed by atoms with Crippen LogP contribution in [0.3, 0.4) is 0 Å². The molecule has 0 aliphatic heterocycles. The van der Waals surface area contributed by atoms with Gasteiger partial charge in [0, 0.05) is 11.8 Å². The number of hydrogen-bond donors (Lipinski definition) is 1.